The highest BCUT2D eigenvalue weighted by Gasteiger charge is 1.96. The summed E-state index contributed by atoms with van der Waals surface area (Å²) in [5, 5.41) is 0. The summed E-state index contributed by atoms with van der Waals surface area (Å²) in [5.41, 5.74) is 1.06. The van der Waals surface area contributed by atoms with Crippen LogP contribution in [0, 0.1) is 0 Å². The molecule has 74 valence electrons. The topological polar surface area (TPSA) is 26.3 Å². The fraction of sp³-hybridized carbons (Fsp3) is 0.182. The summed E-state index contributed by atoms with van der Waals surface area (Å²) >= 11 is 4.06. The third kappa shape index (κ3) is 3.66. The lowest BCUT2D eigenvalue weighted by atomic mass is 10.2. The van der Waals surface area contributed by atoms with Crippen LogP contribution in [0.3, 0.4) is 0 Å². The molecule has 0 fully saturated rings. The first-order valence-electron chi connectivity index (χ1n) is 4.28. The number of ether oxygens (including phenoxy) is 1. The van der Waals surface area contributed by atoms with Crippen LogP contribution in [0.1, 0.15) is 12.5 Å². The van der Waals surface area contributed by atoms with Crippen molar-refractivity contribution in [3.8, 4) is 5.75 Å². The first-order chi connectivity index (χ1) is 6.72. The van der Waals surface area contributed by atoms with Gasteiger partial charge >= 0.3 is 5.97 Å². The summed E-state index contributed by atoms with van der Waals surface area (Å²) < 4.78 is 4.90. The van der Waals surface area contributed by atoms with Crippen LogP contribution in [-0.2, 0) is 4.79 Å². The van der Waals surface area contributed by atoms with E-state index in [1.165, 1.54) is 6.92 Å². The molecule has 0 aromatic heterocycles. The molecular formula is C11H12O2S. The number of benzene rings is 1. The molecule has 0 bridgehead atoms. The first kappa shape index (κ1) is 10.9. The normalized spacial score (nSPS) is 10.4. The van der Waals surface area contributed by atoms with Gasteiger partial charge in [0.25, 0.3) is 0 Å². The van der Waals surface area contributed by atoms with Crippen molar-refractivity contribution in [2.24, 2.45) is 0 Å². The second-order valence-electron chi connectivity index (χ2n) is 2.75. The van der Waals surface area contributed by atoms with Gasteiger partial charge in [0.15, 0.2) is 0 Å². The molecule has 0 atom stereocenters. The standard InChI is InChI=1S/C11H12O2S/c1-9(12)13-11-6-4-10(5-7-11)3-2-8-14/h2-7,14H,8H2,1H3. The number of rotatable bonds is 3. The zero-order valence-corrected chi connectivity index (χ0v) is 8.83. The fourth-order valence-electron chi connectivity index (χ4n) is 1.00. The van der Waals surface area contributed by atoms with Gasteiger partial charge in [-0.2, -0.15) is 12.6 Å². The Morgan fingerprint density at radius 2 is 2.07 bits per heavy atom. The van der Waals surface area contributed by atoms with Gasteiger partial charge in [-0.05, 0) is 17.7 Å². The Bertz CT molecular complexity index is 328. The number of hydrogen-bond donors (Lipinski definition) is 1. The Morgan fingerprint density at radius 3 is 2.57 bits per heavy atom. The van der Waals surface area contributed by atoms with Crippen LogP contribution in [-0.4, -0.2) is 11.7 Å². The van der Waals surface area contributed by atoms with E-state index < -0.39 is 0 Å². The molecule has 0 aliphatic carbocycles. The third-order valence-corrected chi connectivity index (χ3v) is 1.77. The fourth-order valence-corrected chi connectivity index (χ4v) is 1.11. The van der Waals surface area contributed by atoms with Crippen molar-refractivity contribution in [1.82, 2.24) is 0 Å². The molecule has 0 radical (unpaired) electrons. The highest BCUT2D eigenvalue weighted by Crippen LogP contribution is 2.13. The second kappa shape index (κ2) is 5.50. The van der Waals surface area contributed by atoms with Crippen molar-refractivity contribution in [3.05, 3.63) is 35.9 Å². The maximum Gasteiger partial charge on any atom is 0.308 e. The molecule has 0 aliphatic rings. The van der Waals surface area contributed by atoms with Gasteiger partial charge in [0.1, 0.15) is 5.75 Å². The summed E-state index contributed by atoms with van der Waals surface area (Å²) in [7, 11) is 0. The minimum atomic E-state index is -0.302. The predicted octanol–water partition coefficient (Wildman–Crippen LogP) is 2.55. The van der Waals surface area contributed by atoms with Gasteiger partial charge in [0.05, 0.1) is 0 Å². The molecule has 1 aromatic carbocycles. The van der Waals surface area contributed by atoms with Crippen LogP contribution < -0.4 is 4.74 Å². The molecule has 0 saturated heterocycles. The van der Waals surface area contributed by atoms with Crippen molar-refractivity contribution in [2.75, 3.05) is 5.75 Å². The minimum Gasteiger partial charge on any atom is -0.427 e. The van der Waals surface area contributed by atoms with Gasteiger partial charge in [0.2, 0.25) is 0 Å². The van der Waals surface area contributed by atoms with E-state index >= 15 is 0 Å². The van der Waals surface area contributed by atoms with E-state index in [9.17, 15) is 4.79 Å². The molecule has 14 heavy (non-hydrogen) atoms. The Balaban J connectivity index is 2.68. The molecule has 1 aromatic rings. The molecule has 0 unspecified atom stereocenters. The highest BCUT2D eigenvalue weighted by atomic mass is 32.1. The SMILES string of the molecule is CC(=O)Oc1ccc(C=CCS)cc1. The molecule has 1 rings (SSSR count). The van der Waals surface area contributed by atoms with Crippen LogP contribution >= 0.6 is 12.6 Å². The van der Waals surface area contributed by atoms with Crippen LogP contribution in [0.2, 0.25) is 0 Å². The molecule has 3 heteroatoms. The van der Waals surface area contributed by atoms with Crippen LogP contribution in [0.5, 0.6) is 5.75 Å². The number of esters is 1. The largest absolute Gasteiger partial charge is 0.427 e. The van der Waals surface area contributed by atoms with E-state index in [1.54, 1.807) is 12.1 Å². The summed E-state index contributed by atoms with van der Waals surface area (Å²) in [6.07, 6.45) is 3.91. The average Bonchev–Trinajstić information content (AvgIpc) is 2.16. The quantitative estimate of drug-likeness (QED) is 0.469. The second-order valence-corrected chi connectivity index (χ2v) is 3.11. The Labute approximate surface area is 89.0 Å². The van der Waals surface area contributed by atoms with Gasteiger partial charge in [-0.3, -0.25) is 4.79 Å². The van der Waals surface area contributed by atoms with E-state index in [1.807, 2.05) is 24.3 Å². The monoisotopic (exact) mass is 208 g/mol. The molecule has 0 aliphatic heterocycles. The lowest BCUT2D eigenvalue weighted by molar-refractivity contribution is -0.131. The van der Waals surface area contributed by atoms with Crippen LogP contribution in [0.15, 0.2) is 30.3 Å². The smallest absolute Gasteiger partial charge is 0.308 e. The number of carbonyl (C=O) groups excluding carboxylic acids is 1. The van der Waals surface area contributed by atoms with Gasteiger partial charge in [-0.15, -0.1) is 0 Å². The predicted molar refractivity (Wildman–Crippen MR) is 60.6 cm³/mol. The highest BCUT2D eigenvalue weighted by molar-refractivity contribution is 7.80. The van der Waals surface area contributed by atoms with Crippen molar-refractivity contribution in [3.63, 3.8) is 0 Å². The lowest BCUT2D eigenvalue weighted by Gasteiger charge is -2.00. The molecule has 2 nitrogen and oxygen atoms in total. The number of thiol groups is 1. The van der Waals surface area contributed by atoms with E-state index in [-0.39, 0.29) is 5.97 Å². The molecule has 0 amide bonds. The third-order valence-electron chi connectivity index (χ3n) is 1.56. The zero-order chi connectivity index (χ0) is 10.4. The Kier molecular flexibility index (Phi) is 4.26. The summed E-state index contributed by atoms with van der Waals surface area (Å²) in [6, 6.07) is 7.30. The maximum absolute atomic E-state index is 10.6. The van der Waals surface area contributed by atoms with E-state index in [0.29, 0.717) is 11.5 Å². The van der Waals surface area contributed by atoms with E-state index in [0.717, 1.165) is 5.56 Å². The van der Waals surface area contributed by atoms with E-state index in [4.69, 9.17) is 4.74 Å². The van der Waals surface area contributed by atoms with Gasteiger partial charge in [-0.25, -0.2) is 0 Å². The van der Waals surface area contributed by atoms with Crippen molar-refractivity contribution < 1.29 is 9.53 Å². The van der Waals surface area contributed by atoms with Gasteiger partial charge in [-0.1, -0.05) is 24.3 Å². The molecule has 0 spiro atoms. The number of carbonyl (C=O) groups is 1. The van der Waals surface area contributed by atoms with Crippen molar-refractivity contribution in [2.45, 2.75) is 6.92 Å². The van der Waals surface area contributed by atoms with Crippen molar-refractivity contribution >= 4 is 24.7 Å². The summed E-state index contributed by atoms with van der Waals surface area (Å²) in [4.78, 5) is 10.6. The Morgan fingerprint density at radius 1 is 1.43 bits per heavy atom. The zero-order valence-electron chi connectivity index (χ0n) is 7.93. The molecule has 0 heterocycles. The van der Waals surface area contributed by atoms with E-state index in [2.05, 4.69) is 12.6 Å². The minimum absolute atomic E-state index is 0.302. The lowest BCUT2D eigenvalue weighted by Crippen LogP contribution is -2.00. The molecular weight excluding hydrogens is 196 g/mol. The maximum atomic E-state index is 10.6. The van der Waals surface area contributed by atoms with Gasteiger partial charge in [0, 0.05) is 12.7 Å². The Hall–Kier alpha value is -1.22. The number of hydrogen-bond acceptors (Lipinski definition) is 3. The van der Waals surface area contributed by atoms with Crippen LogP contribution in [0.25, 0.3) is 6.08 Å². The molecule has 0 saturated carbocycles. The van der Waals surface area contributed by atoms with Crippen molar-refractivity contribution in [1.29, 1.82) is 0 Å². The first-order valence-corrected chi connectivity index (χ1v) is 4.91. The summed E-state index contributed by atoms with van der Waals surface area (Å²) in [6.45, 7) is 1.38. The van der Waals surface area contributed by atoms with Gasteiger partial charge < -0.3 is 4.74 Å². The average molecular weight is 208 g/mol. The van der Waals surface area contributed by atoms with Crippen LogP contribution in [0.4, 0.5) is 0 Å². The molecule has 0 N–H and O–H groups in total. The summed E-state index contributed by atoms with van der Waals surface area (Å²) in [5.74, 6) is 0.982.